The SMILES string of the molecule is CC(=O)C12C3[C@@H]4[C@H]1C1[C@H]2[C@H]3C4(Br)C12OCCO2. The van der Waals surface area contributed by atoms with Gasteiger partial charge in [0.05, 0.1) is 17.5 Å². The van der Waals surface area contributed by atoms with Gasteiger partial charge in [-0.1, -0.05) is 15.9 Å². The maximum Gasteiger partial charge on any atom is 0.187 e. The molecular weight excluding hydrogens is 284 g/mol. The fourth-order valence-electron chi connectivity index (χ4n) is 7.32. The van der Waals surface area contributed by atoms with Gasteiger partial charge in [-0.15, -0.1) is 0 Å². The van der Waals surface area contributed by atoms with Crippen molar-refractivity contribution in [3.63, 3.8) is 0 Å². The van der Waals surface area contributed by atoms with Crippen molar-refractivity contribution in [1.82, 2.24) is 0 Å². The zero-order chi connectivity index (χ0) is 11.4. The fourth-order valence-corrected chi connectivity index (χ4v) is 8.95. The highest BCUT2D eigenvalue weighted by atomic mass is 79.9. The average molecular weight is 297 g/mol. The summed E-state index contributed by atoms with van der Waals surface area (Å²) in [5, 5.41) is 0. The summed E-state index contributed by atoms with van der Waals surface area (Å²) in [6, 6.07) is 0. The minimum absolute atomic E-state index is 0.0678. The Labute approximate surface area is 107 Å². The third-order valence-corrected chi connectivity index (χ3v) is 8.86. The minimum atomic E-state index is -0.358. The second-order valence-electron chi connectivity index (χ2n) is 6.78. The van der Waals surface area contributed by atoms with E-state index in [1.165, 1.54) is 0 Å². The lowest BCUT2D eigenvalue weighted by atomic mass is 9.12. The van der Waals surface area contributed by atoms with Crippen LogP contribution < -0.4 is 0 Å². The number of hydrogen-bond donors (Lipinski definition) is 0. The molecule has 0 N–H and O–H groups in total. The third kappa shape index (κ3) is 0.450. The molecule has 17 heavy (non-hydrogen) atoms. The lowest BCUT2D eigenvalue weighted by Crippen LogP contribution is -2.93. The Morgan fingerprint density at radius 3 is 2.12 bits per heavy atom. The van der Waals surface area contributed by atoms with Crippen molar-refractivity contribution in [2.45, 2.75) is 17.0 Å². The van der Waals surface area contributed by atoms with E-state index in [0.29, 0.717) is 41.3 Å². The van der Waals surface area contributed by atoms with E-state index >= 15 is 0 Å². The largest absolute Gasteiger partial charge is 0.346 e. The fraction of sp³-hybridized carbons (Fsp3) is 0.923. The van der Waals surface area contributed by atoms with Crippen LogP contribution in [0.2, 0.25) is 0 Å². The second kappa shape index (κ2) is 1.97. The zero-order valence-corrected chi connectivity index (χ0v) is 11.1. The van der Waals surface area contributed by atoms with Crippen molar-refractivity contribution in [3.05, 3.63) is 0 Å². The lowest BCUT2D eigenvalue weighted by molar-refractivity contribution is -0.414. The van der Waals surface area contributed by atoms with E-state index in [1.54, 1.807) is 6.92 Å². The first-order valence-corrected chi connectivity index (χ1v) is 7.40. The Morgan fingerprint density at radius 1 is 1.06 bits per heavy atom. The molecule has 7 rings (SSSR count). The molecule has 0 amide bonds. The Balaban J connectivity index is 1.59. The maximum atomic E-state index is 12.0. The van der Waals surface area contributed by atoms with Crippen LogP contribution in [-0.4, -0.2) is 29.1 Å². The number of carbonyl (C=O) groups excluding carboxylic acids is 1. The molecule has 1 spiro atoms. The third-order valence-electron chi connectivity index (χ3n) is 7.25. The van der Waals surface area contributed by atoms with E-state index in [9.17, 15) is 4.79 Å². The van der Waals surface area contributed by atoms with Crippen LogP contribution in [0.15, 0.2) is 0 Å². The molecule has 8 atom stereocenters. The van der Waals surface area contributed by atoms with Crippen molar-refractivity contribution in [2.75, 3.05) is 13.2 Å². The Hall–Kier alpha value is 0.0700. The molecule has 6 saturated carbocycles. The molecule has 2 bridgehead atoms. The van der Waals surface area contributed by atoms with E-state index in [0.717, 1.165) is 13.2 Å². The molecule has 3 nitrogen and oxygen atoms in total. The molecule has 4 heteroatoms. The standard InChI is InChI=1S/C13H13BrO3/c1-4(15)11-5-8-6(11)10-7(11)9(5)12(8,14)13(10)16-2-3-17-13/h5-10H,2-3H2,1H3/t5?,6-,7+,8+,9-,10?,11?,12?. The van der Waals surface area contributed by atoms with Crippen LogP contribution in [0.25, 0.3) is 0 Å². The van der Waals surface area contributed by atoms with Gasteiger partial charge >= 0.3 is 0 Å². The Morgan fingerprint density at radius 2 is 1.59 bits per heavy atom. The van der Waals surface area contributed by atoms with Gasteiger partial charge in [0.25, 0.3) is 0 Å². The monoisotopic (exact) mass is 296 g/mol. The van der Waals surface area contributed by atoms with Crippen molar-refractivity contribution in [2.24, 2.45) is 40.9 Å². The van der Waals surface area contributed by atoms with Crippen LogP contribution in [0.1, 0.15) is 6.92 Å². The van der Waals surface area contributed by atoms with Crippen molar-refractivity contribution in [1.29, 1.82) is 0 Å². The van der Waals surface area contributed by atoms with Gasteiger partial charge in [0.1, 0.15) is 5.78 Å². The highest BCUT2D eigenvalue weighted by Gasteiger charge is 3.09. The first-order valence-electron chi connectivity index (χ1n) is 6.61. The Kier molecular flexibility index (Phi) is 1.05. The molecule has 7 fully saturated rings. The van der Waals surface area contributed by atoms with Gasteiger partial charge < -0.3 is 9.47 Å². The van der Waals surface area contributed by atoms with E-state index in [2.05, 4.69) is 15.9 Å². The van der Waals surface area contributed by atoms with Gasteiger partial charge in [0.15, 0.2) is 5.79 Å². The summed E-state index contributed by atoms with van der Waals surface area (Å²) >= 11 is 3.99. The molecular formula is C13H13BrO3. The van der Waals surface area contributed by atoms with Gasteiger partial charge in [-0.2, -0.15) is 0 Å². The molecule has 0 aromatic rings. The molecule has 6 aliphatic carbocycles. The quantitative estimate of drug-likeness (QED) is 0.682. The maximum absolute atomic E-state index is 12.0. The van der Waals surface area contributed by atoms with E-state index in [-0.39, 0.29) is 15.5 Å². The predicted molar refractivity (Wildman–Crippen MR) is 60.3 cm³/mol. The van der Waals surface area contributed by atoms with Crippen LogP contribution >= 0.6 is 15.9 Å². The molecule has 1 aliphatic heterocycles. The topological polar surface area (TPSA) is 35.5 Å². The van der Waals surface area contributed by atoms with E-state index in [1.807, 2.05) is 0 Å². The molecule has 1 saturated heterocycles. The number of Topliss-reactive ketones (excluding diaryl/α,β-unsaturated/α-hetero) is 1. The first kappa shape index (κ1) is 9.05. The molecule has 7 aliphatic rings. The molecule has 0 aromatic carbocycles. The second-order valence-corrected chi connectivity index (χ2v) is 8.09. The highest BCUT2D eigenvalue weighted by molar-refractivity contribution is 9.10. The van der Waals surface area contributed by atoms with Gasteiger partial charge in [-0.25, -0.2) is 0 Å². The number of hydrogen-bond acceptors (Lipinski definition) is 3. The molecule has 0 aromatic heterocycles. The number of halogens is 1. The van der Waals surface area contributed by atoms with Crippen LogP contribution in [-0.2, 0) is 14.3 Å². The lowest BCUT2D eigenvalue weighted by Gasteiger charge is -2.90. The van der Waals surface area contributed by atoms with Crippen molar-refractivity contribution < 1.29 is 14.3 Å². The summed E-state index contributed by atoms with van der Waals surface area (Å²) in [5.41, 5.74) is 0.0794. The number of carbonyl (C=O) groups is 1. The van der Waals surface area contributed by atoms with E-state index in [4.69, 9.17) is 9.47 Å². The number of ether oxygens (including phenoxy) is 2. The smallest absolute Gasteiger partial charge is 0.187 e. The van der Waals surface area contributed by atoms with E-state index < -0.39 is 0 Å². The molecule has 90 valence electrons. The average Bonchev–Trinajstić information content (AvgIpc) is 2.78. The molecule has 1 heterocycles. The Bertz CT molecular complexity index is 489. The zero-order valence-electron chi connectivity index (χ0n) is 9.48. The first-order chi connectivity index (χ1) is 8.13. The molecule has 0 radical (unpaired) electrons. The number of ketones is 1. The van der Waals surface area contributed by atoms with Gasteiger partial charge in [0, 0.05) is 11.3 Å². The number of rotatable bonds is 1. The normalized spacial score (nSPS) is 73.5. The summed E-state index contributed by atoms with van der Waals surface area (Å²) in [5.74, 6) is 3.70. The summed E-state index contributed by atoms with van der Waals surface area (Å²) in [6.07, 6.45) is 0. The minimum Gasteiger partial charge on any atom is -0.346 e. The summed E-state index contributed by atoms with van der Waals surface area (Å²) < 4.78 is 12.2. The van der Waals surface area contributed by atoms with Crippen molar-refractivity contribution >= 4 is 21.7 Å². The van der Waals surface area contributed by atoms with Crippen molar-refractivity contribution in [3.8, 4) is 0 Å². The van der Waals surface area contributed by atoms with Gasteiger partial charge in [-0.05, 0) is 36.5 Å². The highest BCUT2D eigenvalue weighted by Crippen LogP contribution is 3.04. The molecule has 4 unspecified atom stereocenters. The van der Waals surface area contributed by atoms with Gasteiger partial charge in [-0.3, -0.25) is 4.79 Å². The van der Waals surface area contributed by atoms with Crippen LogP contribution in [0.3, 0.4) is 0 Å². The van der Waals surface area contributed by atoms with Crippen LogP contribution in [0.5, 0.6) is 0 Å². The summed E-state index contributed by atoms with van der Waals surface area (Å²) in [7, 11) is 0. The number of alkyl halides is 1. The van der Waals surface area contributed by atoms with Gasteiger partial charge in [0.2, 0.25) is 0 Å². The predicted octanol–water partition coefficient (Wildman–Crippen LogP) is 1.20. The summed E-state index contributed by atoms with van der Waals surface area (Å²) in [6.45, 7) is 3.24. The summed E-state index contributed by atoms with van der Waals surface area (Å²) in [4.78, 5) is 12.0. The van der Waals surface area contributed by atoms with Crippen LogP contribution in [0, 0.1) is 40.9 Å². The van der Waals surface area contributed by atoms with Crippen LogP contribution in [0.4, 0.5) is 0 Å².